The summed E-state index contributed by atoms with van der Waals surface area (Å²) in [5.41, 5.74) is 4.45. The van der Waals surface area contributed by atoms with Crippen molar-refractivity contribution in [3.05, 3.63) is 71.3 Å². The molecule has 0 aromatic heterocycles. The molecule has 0 bridgehead atoms. The molecular weight excluding hydrogens is 268 g/mol. The Kier molecular flexibility index (Phi) is 4.52. The van der Waals surface area contributed by atoms with Gasteiger partial charge in [0.15, 0.2) is 0 Å². The van der Waals surface area contributed by atoms with Crippen molar-refractivity contribution in [2.24, 2.45) is 0 Å². The Hall–Kier alpha value is -0.860. The van der Waals surface area contributed by atoms with Crippen LogP contribution in [-0.4, -0.2) is 5.75 Å². The number of benzene rings is 2. The van der Waals surface area contributed by atoms with Gasteiger partial charge in [0.05, 0.1) is 0 Å². The smallest absolute Gasteiger partial charge is 0.0404 e. The Bertz CT molecular complexity index is 516. The molecule has 19 heavy (non-hydrogen) atoms. The fraction of sp³-hybridized carbons (Fsp3) is 0.294. The summed E-state index contributed by atoms with van der Waals surface area (Å²) in [6.07, 6.45) is 3.73. The Labute approximate surface area is 123 Å². The first-order chi connectivity index (χ1) is 9.43. The van der Waals surface area contributed by atoms with E-state index in [1.165, 1.54) is 29.7 Å². The largest absolute Gasteiger partial charge is 0.0935 e. The lowest BCUT2D eigenvalue weighted by Crippen LogP contribution is -2.03. The molecular formula is C17H18S2. The van der Waals surface area contributed by atoms with Crippen LogP contribution in [0.3, 0.4) is 0 Å². The van der Waals surface area contributed by atoms with E-state index in [0.29, 0.717) is 5.25 Å². The first kappa shape index (κ1) is 13.1. The average molecular weight is 286 g/mol. The molecule has 2 aromatic rings. The Morgan fingerprint density at radius 3 is 2.53 bits per heavy atom. The van der Waals surface area contributed by atoms with E-state index in [1.54, 1.807) is 5.56 Å². The van der Waals surface area contributed by atoms with Crippen molar-refractivity contribution in [1.82, 2.24) is 0 Å². The van der Waals surface area contributed by atoms with Gasteiger partial charge in [-0.1, -0.05) is 76.2 Å². The highest BCUT2D eigenvalue weighted by Crippen LogP contribution is 2.46. The molecule has 98 valence electrons. The summed E-state index contributed by atoms with van der Waals surface area (Å²) in [6, 6.07) is 19.8. The van der Waals surface area contributed by atoms with Crippen LogP contribution >= 0.6 is 21.6 Å². The van der Waals surface area contributed by atoms with Crippen molar-refractivity contribution >= 4 is 21.6 Å². The third-order valence-electron chi connectivity index (χ3n) is 3.52. The monoisotopic (exact) mass is 286 g/mol. The maximum Gasteiger partial charge on any atom is 0.0404 e. The van der Waals surface area contributed by atoms with Crippen molar-refractivity contribution in [1.29, 1.82) is 0 Å². The number of hydrogen-bond donors (Lipinski definition) is 0. The molecule has 1 aliphatic rings. The summed E-state index contributed by atoms with van der Waals surface area (Å²) in [5, 5.41) is 0.679. The van der Waals surface area contributed by atoms with Crippen molar-refractivity contribution in [2.45, 2.75) is 24.5 Å². The first-order valence-corrected chi connectivity index (χ1v) is 9.22. The van der Waals surface area contributed by atoms with Gasteiger partial charge in [-0.15, -0.1) is 0 Å². The highest BCUT2D eigenvalue weighted by molar-refractivity contribution is 8.76. The number of hydrogen-bond acceptors (Lipinski definition) is 2. The van der Waals surface area contributed by atoms with E-state index in [4.69, 9.17) is 0 Å². The fourth-order valence-corrected chi connectivity index (χ4v) is 5.41. The molecule has 3 rings (SSSR count). The normalized spacial score (nSPS) is 19.3. The summed E-state index contributed by atoms with van der Waals surface area (Å²) >= 11 is 0. The van der Waals surface area contributed by atoms with E-state index in [0.717, 1.165) is 6.42 Å². The van der Waals surface area contributed by atoms with Gasteiger partial charge in [0, 0.05) is 11.0 Å². The predicted molar refractivity (Wildman–Crippen MR) is 87.7 cm³/mol. The van der Waals surface area contributed by atoms with Crippen LogP contribution in [0.25, 0.3) is 0 Å². The second kappa shape index (κ2) is 6.53. The molecule has 1 unspecified atom stereocenters. The van der Waals surface area contributed by atoms with Gasteiger partial charge >= 0.3 is 0 Å². The second-order valence-corrected chi connectivity index (χ2v) is 7.60. The van der Waals surface area contributed by atoms with Crippen LogP contribution < -0.4 is 0 Å². The summed E-state index contributed by atoms with van der Waals surface area (Å²) in [4.78, 5) is 0. The molecule has 0 spiro atoms. The van der Waals surface area contributed by atoms with E-state index >= 15 is 0 Å². The van der Waals surface area contributed by atoms with Crippen LogP contribution in [0.15, 0.2) is 54.6 Å². The van der Waals surface area contributed by atoms with Crippen LogP contribution in [0.1, 0.15) is 34.8 Å². The predicted octanol–water partition coefficient (Wildman–Crippen LogP) is 5.49. The lowest BCUT2D eigenvalue weighted by molar-refractivity contribution is 0.777. The van der Waals surface area contributed by atoms with E-state index in [1.807, 2.05) is 10.8 Å². The van der Waals surface area contributed by atoms with Gasteiger partial charge in [-0.2, -0.15) is 0 Å². The quantitative estimate of drug-likeness (QED) is 0.684. The van der Waals surface area contributed by atoms with Crippen LogP contribution in [0.4, 0.5) is 0 Å². The molecule has 0 radical (unpaired) electrons. The SMILES string of the molecule is c1ccc(Cc2ccccc2C2CCCSS2)cc1. The van der Waals surface area contributed by atoms with Gasteiger partial charge in [0.25, 0.3) is 0 Å². The third kappa shape index (κ3) is 3.37. The molecule has 0 aliphatic carbocycles. The van der Waals surface area contributed by atoms with E-state index in [-0.39, 0.29) is 0 Å². The maximum absolute atomic E-state index is 2.32. The van der Waals surface area contributed by atoms with Crippen LogP contribution in [0, 0.1) is 0 Å². The van der Waals surface area contributed by atoms with Gasteiger partial charge in [0.1, 0.15) is 0 Å². The molecule has 0 amide bonds. The minimum Gasteiger partial charge on any atom is -0.0935 e. The average Bonchev–Trinajstić information content (AvgIpc) is 2.50. The Morgan fingerprint density at radius 1 is 0.947 bits per heavy atom. The molecule has 2 aromatic carbocycles. The molecule has 1 atom stereocenters. The van der Waals surface area contributed by atoms with Crippen molar-refractivity contribution in [3.63, 3.8) is 0 Å². The van der Waals surface area contributed by atoms with Gasteiger partial charge < -0.3 is 0 Å². The number of rotatable bonds is 3. The fourth-order valence-electron chi connectivity index (χ4n) is 2.54. The Balaban J connectivity index is 1.84. The van der Waals surface area contributed by atoms with Crippen LogP contribution in [0.5, 0.6) is 0 Å². The highest BCUT2D eigenvalue weighted by atomic mass is 33.1. The van der Waals surface area contributed by atoms with Gasteiger partial charge in [-0.05, 0) is 36.0 Å². The molecule has 0 N–H and O–H groups in total. The van der Waals surface area contributed by atoms with Crippen molar-refractivity contribution in [3.8, 4) is 0 Å². The molecule has 1 saturated heterocycles. The van der Waals surface area contributed by atoms with Crippen LogP contribution in [0.2, 0.25) is 0 Å². The van der Waals surface area contributed by atoms with Gasteiger partial charge in [-0.3, -0.25) is 0 Å². The zero-order valence-corrected chi connectivity index (χ0v) is 12.6. The topological polar surface area (TPSA) is 0 Å². The minimum absolute atomic E-state index is 0.679. The zero-order chi connectivity index (χ0) is 12.9. The lowest BCUT2D eigenvalue weighted by atomic mass is 9.96. The van der Waals surface area contributed by atoms with Crippen LogP contribution in [-0.2, 0) is 6.42 Å². The summed E-state index contributed by atoms with van der Waals surface area (Å²) in [6.45, 7) is 0. The van der Waals surface area contributed by atoms with Gasteiger partial charge in [-0.25, -0.2) is 0 Å². The van der Waals surface area contributed by atoms with E-state index in [9.17, 15) is 0 Å². The lowest BCUT2D eigenvalue weighted by Gasteiger charge is -2.23. The van der Waals surface area contributed by atoms with E-state index in [2.05, 4.69) is 65.4 Å². The van der Waals surface area contributed by atoms with Crippen molar-refractivity contribution < 1.29 is 0 Å². The van der Waals surface area contributed by atoms with E-state index < -0.39 is 0 Å². The summed E-state index contributed by atoms with van der Waals surface area (Å²) in [7, 11) is 4.09. The zero-order valence-electron chi connectivity index (χ0n) is 10.9. The highest BCUT2D eigenvalue weighted by Gasteiger charge is 2.19. The molecule has 2 heteroatoms. The minimum atomic E-state index is 0.679. The first-order valence-electron chi connectivity index (χ1n) is 6.83. The molecule has 0 saturated carbocycles. The summed E-state index contributed by atoms with van der Waals surface area (Å²) in [5.74, 6) is 1.31. The second-order valence-electron chi connectivity index (χ2n) is 4.91. The Morgan fingerprint density at radius 2 is 1.74 bits per heavy atom. The summed E-state index contributed by atoms with van der Waals surface area (Å²) < 4.78 is 0. The maximum atomic E-state index is 2.32. The molecule has 1 aliphatic heterocycles. The van der Waals surface area contributed by atoms with Crippen molar-refractivity contribution in [2.75, 3.05) is 5.75 Å². The van der Waals surface area contributed by atoms with Gasteiger partial charge in [0.2, 0.25) is 0 Å². The molecule has 1 fully saturated rings. The molecule has 0 nitrogen and oxygen atoms in total. The standard InChI is InChI=1S/C17H18S2/c1-2-7-14(8-3-1)13-15-9-4-5-10-16(15)17-11-6-12-18-19-17/h1-5,7-10,17H,6,11-13H2. The molecule has 1 heterocycles. The third-order valence-corrected chi connectivity index (χ3v) is 6.44.